The first-order valence-corrected chi connectivity index (χ1v) is 5.35. The third kappa shape index (κ3) is 2.04. The van der Waals surface area contributed by atoms with Crippen molar-refractivity contribution in [1.82, 2.24) is 0 Å². The van der Waals surface area contributed by atoms with Gasteiger partial charge in [-0.05, 0) is 11.1 Å². The third-order valence-electron chi connectivity index (χ3n) is 3.06. The second-order valence-corrected chi connectivity index (χ2v) is 4.01. The van der Waals surface area contributed by atoms with E-state index in [1.54, 1.807) is 0 Å². The summed E-state index contributed by atoms with van der Waals surface area (Å²) in [5.41, 5.74) is 6.93. The van der Waals surface area contributed by atoms with Crippen molar-refractivity contribution >= 4 is 0 Å². The molecule has 0 saturated carbocycles. The molecule has 1 aromatic carbocycles. The molecule has 0 aromatic heterocycles. The van der Waals surface area contributed by atoms with Gasteiger partial charge in [-0.15, -0.1) is 0 Å². The molecular weight excluding hydrogens is 190 g/mol. The van der Waals surface area contributed by atoms with Gasteiger partial charge in [0.2, 0.25) is 0 Å². The topological polar surface area (TPSA) is 55.5 Å². The SMILES string of the molecule is NCc1ccccc1C1(O)CCOCC1. The summed E-state index contributed by atoms with van der Waals surface area (Å²) in [5.74, 6) is 0. The van der Waals surface area contributed by atoms with Crippen LogP contribution in [0.5, 0.6) is 0 Å². The molecule has 0 aliphatic carbocycles. The number of rotatable bonds is 2. The fraction of sp³-hybridized carbons (Fsp3) is 0.500. The Bertz CT molecular complexity index is 332. The quantitative estimate of drug-likeness (QED) is 0.764. The Balaban J connectivity index is 2.34. The third-order valence-corrected chi connectivity index (χ3v) is 3.06. The van der Waals surface area contributed by atoms with Crippen LogP contribution in [-0.4, -0.2) is 18.3 Å². The molecule has 82 valence electrons. The van der Waals surface area contributed by atoms with Gasteiger partial charge in [-0.3, -0.25) is 0 Å². The monoisotopic (exact) mass is 207 g/mol. The highest BCUT2D eigenvalue weighted by atomic mass is 16.5. The van der Waals surface area contributed by atoms with Crippen molar-refractivity contribution in [1.29, 1.82) is 0 Å². The number of ether oxygens (including phenoxy) is 1. The predicted molar refractivity (Wildman–Crippen MR) is 58.3 cm³/mol. The zero-order valence-electron chi connectivity index (χ0n) is 8.78. The van der Waals surface area contributed by atoms with Gasteiger partial charge in [-0.1, -0.05) is 24.3 Å². The molecule has 1 aliphatic heterocycles. The Morgan fingerprint density at radius 1 is 1.27 bits per heavy atom. The zero-order valence-corrected chi connectivity index (χ0v) is 8.78. The minimum atomic E-state index is -0.742. The van der Waals surface area contributed by atoms with Crippen LogP contribution in [0.3, 0.4) is 0 Å². The lowest BCUT2D eigenvalue weighted by molar-refractivity contribution is -0.0683. The van der Waals surface area contributed by atoms with Crippen molar-refractivity contribution in [2.24, 2.45) is 5.73 Å². The van der Waals surface area contributed by atoms with Gasteiger partial charge in [0.05, 0.1) is 5.60 Å². The largest absolute Gasteiger partial charge is 0.385 e. The summed E-state index contributed by atoms with van der Waals surface area (Å²) in [6.07, 6.45) is 1.31. The summed E-state index contributed by atoms with van der Waals surface area (Å²) >= 11 is 0. The minimum absolute atomic E-state index is 0.472. The van der Waals surface area contributed by atoms with E-state index in [9.17, 15) is 5.11 Å². The smallest absolute Gasteiger partial charge is 0.0943 e. The van der Waals surface area contributed by atoms with Crippen LogP contribution in [0.2, 0.25) is 0 Å². The first-order chi connectivity index (χ1) is 7.26. The van der Waals surface area contributed by atoms with Gasteiger partial charge in [0, 0.05) is 32.6 Å². The number of hydrogen-bond acceptors (Lipinski definition) is 3. The van der Waals surface area contributed by atoms with Crippen molar-refractivity contribution in [3.8, 4) is 0 Å². The summed E-state index contributed by atoms with van der Waals surface area (Å²) in [4.78, 5) is 0. The molecule has 1 saturated heterocycles. The maximum absolute atomic E-state index is 10.5. The molecule has 0 unspecified atom stereocenters. The average Bonchev–Trinajstić information content (AvgIpc) is 2.30. The molecule has 0 amide bonds. The van der Waals surface area contributed by atoms with Crippen molar-refractivity contribution in [2.75, 3.05) is 13.2 Å². The molecule has 1 aromatic rings. The van der Waals surface area contributed by atoms with E-state index < -0.39 is 5.60 Å². The standard InChI is InChI=1S/C12H17NO2/c13-9-10-3-1-2-4-11(10)12(14)5-7-15-8-6-12/h1-4,14H,5-9,13H2. The van der Waals surface area contributed by atoms with E-state index in [0.717, 1.165) is 11.1 Å². The molecule has 0 bridgehead atoms. The highest BCUT2D eigenvalue weighted by Gasteiger charge is 2.33. The molecule has 2 rings (SSSR count). The second-order valence-electron chi connectivity index (χ2n) is 4.01. The molecule has 3 N–H and O–H groups in total. The Morgan fingerprint density at radius 2 is 1.93 bits per heavy atom. The summed E-state index contributed by atoms with van der Waals surface area (Å²) in [5, 5.41) is 10.5. The van der Waals surface area contributed by atoms with Gasteiger partial charge >= 0.3 is 0 Å². The van der Waals surface area contributed by atoms with Crippen LogP contribution in [0, 0.1) is 0 Å². The maximum Gasteiger partial charge on any atom is 0.0943 e. The summed E-state index contributed by atoms with van der Waals surface area (Å²) in [6.45, 7) is 1.71. The summed E-state index contributed by atoms with van der Waals surface area (Å²) in [7, 11) is 0. The lowest BCUT2D eigenvalue weighted by Gasteiger charge is -2.33. The van der Waals surface area contributed by atoms with Gasteiger partial charge < -0.3 is 15.6 Å². The predicted octanol–water partition coefficient (Wildman–Crippen LogP) is 1.14. The Kier molecular flexibility index (Phi) is 3.05. The van der Waals surface area contributed by atoms with E-state index in [-0.39, 0.29) is 0 Å². The highest BCUT2D eigenvalue weighted by Crippen LogP contribution is 2.33. The molecule has 0 spiro atoms. The number of hydrogen-bond donors (Lipinski definition) is 2. The van der Waals surface area contributed by atoms with Gasteiger partial charge in [0.15, 0.2) is 0 Å². The Labute approximate surface area is 89.9 Å². The molecule has 3 nitrogen and oxygen atoms in total. The van der Waals surface area contributed by atoms with Crippen LogP contribution >= 0.6 is 0 Å². The van der Waals surface area contributed by atoms with E-state index in [0.29, 0.717) is 32.6 Å². The minimum Gasteiger partial charge on any atom is -0.385 e. The van der Waals surface area contributed by atoms with Crippen LogP contribution in [-0.2, 0) is 16.9 Å². The van der Waals surface area contributed by atoms with Crippen LogP contribution in [0.1, 0.15) is 24.0 Å². The molecule has 1 aliphatic rings. The lowest BCUT2D eigenvalue weighted by atomic mass is 9.83. The van der Waals surface area contributed by atoms with Crippen molar-refractivity contribution in [3.63, 3.8) is 0 Å². The number of aliphatic hydroxyl groups is 1. The normalized spacial score (nSPS) is 20.1. The van der Waals surface area contributed by atoms with Gasteiger partial charge in [0.1, 0.15) is 0 Å². The van der Waals surface area contributed by atoms with Gasteiger partial charge in [-0.2, -0.15) is 0 Å². The van der Waals surface area contributed by atoms with E-state index in [4.69, 9.17) is 10.5 Å². The number of nitrogens with two attached hydrogens (primary N) is 1. The Hall–Kier alpha value is -0.900. The van der Waals surface area contributed by atoms with Gasteiger partial charge in [0.25, 0.3) is 0 Å². The average molecular weight is 207 g/mol. The van der Waals surface area contributed by atoms with Crippen molar-refractivity contribution < 1.29 is 9.84 Å². The maximum atomic E-state index is 10.5. The molecule has 3 heteroatoms. The molecule has 1 fully saturated rings. The lowest BCUT2D eigenvalue weighted by Crippen LogP contribution is -2.34. The van der Waals surface area contributed by atoms with E-state index in [2.05, 4.69) is 0 Å². The van der Waals surface area contributed by atoms with E-state index >= 15 is 0 Å². The fourth-order valence-electron chi connectivity index (χ4n) is 2.13. The fourth-order valence-corrected chi connectivity index (χ4v) is 2.13. The van der Waals surface area contributed by atoms with E-state index in [1.807, 2.05) is 24.3 Å². The first kappa shape index (κ1) is 10.6. The van der Waals surface area contributed by atoms with E-state index in [1.165, 1.54) is 0 Å². The zero-order chi connectivity index (χ0) is 10.7. The van der Waals surface area contributed by atoms with Crippen LogP contribution in [0.4, 0.5) is 0 Å². The molecule has 0 radical (unpaired) electrons. The van der Waals surface area contributed by atoms with Crippen LogP contribution < -0.4 is 5.73 Å². The van der Waals surface area contributed by atoms with Crippen molar-refractivity contribution in [3.05, 3.63) is 35.4 Å². The molecule has 0 atom stereocenters. The van der Waals surface area contributed by atoms with Crippen LogP contribution in [0.15, 0.2) is 24.3 Å². The summed E-state index contributed by atoms with van der Waals surface area (Å²) < 4.78 is 5.27. The van der Waals surface area contributed by atoms with Gasteiger partial charge in [-0.25, -0.2) is 0 Å². The first-order valence-electron chi connectivity index (χ1n) is 5.35. The highest BCUT2D eigenvalue weighted by molar-refractivity contribution is 5.32. The molecule has 1 heterocycles. The van der Waals surface area contributed by atoms with Crippen molar-refractivity contribution in [2.45, 2.75) is 25.0 Å². The Morgan fingerprint density at radius 3 is 2.60 bits per heavy atom. The second kappa shape index (κ2) is 4.31. The number of benzene rings is 1. The molecular formula is C12H17NO2. The summed E-state index contributed by atoms with van der Waals surface area (Å²) in [6, 6.07) is 7.84. The van der Waals surface area contributed by atoms with Crippen LogP contribution in [0.25, 0.3) is 0 Å². The molecule has 15 heavy (non-hydrogen) atoms.